The molecule has 0 unspecified atom stereocenters. The van der Waals surface area contributed by atoms with E-state index >= 15 is 0 Å². The molecule has 82 valence electrons. The molecule has 0 aromatic carbocycles. The van der Waals surface area contributed by atoms with Gasteiger partial charge in [-0.3, -0.25) is 0 Å². The molecule has 0 spiro atoms. The molecule has 2 fully saturated rings. The van der Waals surface area contributed by atoms with Gasteiger partial charge in [0.05, 0.1) is 0 Å². The maximum absolute atomic E-state index is 3.60. The Bertz CT molecular complexity index is 166. The molecule has 0 radical (unpaired) electrons. The van der Waals surface area contributed by atoms with Gasteiger partial charge in [-0.25, -0.2) is 0 Å². The van der Waals surface area contributed by atoms with Crippen LogP contribution in [0.2, 0.25) is 0 Å². The monoisotopic (exact) mass is 196 g/mol. The molecule has 0 aromatic heterocycles. The average Bonchev–Trinajstić information content (AvgIpc) is 2.91. The Balaban J connectivity index is 1.45. The highest BCUT2D eigenvalue weighted by molar-refractivity contribution is 4.79. The second-order valence-corrected chi connectivity index (χ2v) is 5.19. The summed E-state index contributed by atoms with van der Waals surface area (Å²) in [5.74, 6) is 2.84. The zero-order valence-corrected chi connectivity index (χ0v) is 9.39. The molecule has 1 aliphatic heterocycles. The van der Waals surface area contributed by atoms with E-state index in [2.05, 4.69) is 17.6 Å². The van der Waals surface area contributed by atoms with Gasteiger partial charge in [-0.1, -0.05) is 19.8 Å². The molecule has 1 heterocycles. The zero-order valence-electron chi connectivity index (χ0n) is 9.39. The smallest absolute Gasteiger partial charge is 0.000523 e. The molecule has 2 N–H and O–H groups in total. The molecule has 1 aliphatic carbocycles. The first-order chi connectivity index (χ1) is 6.86. The summed E-state index contributed by atoms with van der Waals surface area (Å²) in [6.07, 6.45) is 5.86. The van der Waals surface area contributed by atoms with Gasteiger partial charge >= 0.3 is 0 Å². The molecular weight excluding hydrogens is 172 g/mol. The van der Waals surface area contributed by atoms with Crippen molar-refractivity contribution in [2.75, 3.05) is 26.2 Å². The fourth-order valence-corrected chi connectivity index (χ4v) is 2.35. The summed E-state index contributed by atoms with van der Waals surface area (Å²) in [4.78, 5) is 0. The third-order valence-electron chi connectivity index (χ3n) is 3.75. The Morgan fingerprint density at radius 3 is 2.79 bits per heavy atom. The average molecular weight is 196 g/mol. The zero-order chi connectivity index (χ0) is 9.80. The van der Waals surface area contributed by atoms with Crippen molar-refractivity contribution in [3.05, 3.63) is 0 Å². The lowest BCUT2D eigenvalue weighted by molar-refractivity contribution is 0.416. The standard InChI is InChI=1S/C12H24N2/c1-10-7-14-9-12(10)8-13-6-2-3-11-4-5-11/h10-14H,2-9H2,1H3/t10-,12-/m1/s1. The van der Waals surface area contributed by atoms with Gasteiger partial charge in [0.25, 0.3) is 0 Å². The molecule has 2 rings (SSSR count). The van der Waals surface area contributed by atoms with Crippen LogP contribution in [-0.4, -0.2) is 26.2 Å². The Kier molecular flexibility index (Phi) is 3.82. The highest BCUT2D eigenvalue weighted by Gasteiger charge is 2.22. The maximum atomic E-state index is 3.60. The van der Waals surface area contributed by atoms with Crippen molar-refractivity contribution in [2.24, 2.45) is 17.8 Å². The normalized spacial score (nSPS) is 32.4. The number of hydrogen-bond acceptors (Lipinski definition) is 2. The van der Waals surface area contributed by atoms with Crippen LogP contribution in [0.3, 0.4) is 0 Å². The molecule has 14 heavy (non-hydrogen) atoms. The van der Waals surface area contributed by atoms with E-state index in [0.29, 0.717) is 0 Å². The molecule has 2 nitrogen and oxygen atoms in total. The third-order valence-corrected chi connectivity index (χ3v) is 3.75. The summed E-state index contributed by atoms with van der Waals surface area (Å²) < 4.78 is 0. The molecule has 0 bridgehead atoms. The molecule has 0 aromatic rings. The first-order valence-corrected chi connectivity index (χ1v) is 6.27. The predicted octanol–water partition coefficient (Wildman–Crippen LogP) is 1.62. The molecular formula is C12H24N2. The van der Waals surface area contributed by atoms with E-state index in [0.717, 1.165) is 17.8 Å². The minimum absolute atomic E-state index is 0.867. The fourth-order valence-electron chi connectivity index (χ4n) is 2.35. The predicted molar refractivity (Wildman–Crippen MR) is 60.4 cm³/mol. The highest BCUT2D eigenvalue weighted by atomic mass is 14.9. The first-order valence-electron chi connectivity index (χ1n) is 6.27. The van der Waals surface area contributed by atoms with E-state index < -0.39 is 0 Å². The molecule has 1 saturated heterocycles. The molecule has 0 amide bonds. The SMILES string of the molecule is C[C@@H]1CNC[C@H]1CNCCCC1CC1. The lowest BCUT2D eigenvalue weighted by atomic mass is 9.98. The van der Waals surface area contributed by atoms with E-state index in [9.17, 15) is 0 Å². The van der Waals surface area contributed by atoms with E-state index in [1.165, 1.54) is 51.9 Å². The van der Waals surface area contributed by atoms with E-state index in [4.69, 9.17) is 0 Å². The van der Waals surface area contributed by atoms with Gasteiger partial charge < -0.3 is 10.6 Å². The van der Waals surface area contributed by atoms with Crippen molar-refractivity contribution >= 4 is 0 Å². The second-order valence-electron chi connectivity index (χ2n) is 5.19. The van der Waals surface area contributed by atoms with Crippen LogP contribution < -0.4 is 10.6 Å². The quantitative estimate of drug-likeness (QED) is 0.631. The molecule has 1 saturated carbocycles. The Morgan fingerprint density at radius 2 is 2.14 bits per heavy atom. The minimum atomic E-state index is 0.867. The van der Waals surface area contributed by atoms with Gasteiger partial charge in [0.2, 0.25) is 0 Å². The Hall–Kier alpha value is -0.0800. The molecule has 2 atom stereocenters. The summed E-state index contributed by atoms with van der Waals surface area (Å²) >= 11 is 0. The first kappa shape index (κ1) is 10.4. The van der Waals surface area contributed by atoms with Gasteiger partial charge in [0.1, 0.15) is 0 Å². The summed E-state index contributed by atoms with van der Waals surface area (Å²) in [6.45, 7) is 7.25. The number of nitrogens with one attached hydrogen (secondary N) is 2. The number of hydrogen-bond donors (Lipinski definition) is 2. The molecule has 2 heteroatoms. The van der Waals surface area contributed by atoms with E-state index in [1.807, 2.05) is 0 Å². The van der Waals surface area contributed by atoms with Crippen LogP contribution in [0.1, 0.15) is 32.6 Å². The third kappa shape index (κ3) is 3.25. The topological polar surface area (TPSA) is 24.1 Å². The van der Waals surface area contributed by atoms with Crippen molar-refractivity contribution in [1.29, 1.82) is 0 Å². The van der Waals surface area contributed by atoms with Gasteiger partial charge in [-0.2, -0.15) is 0 Å². The van der Waals surface area contributed by atoms with Crippen molar-refractivity contribution in [1.82, 2.24) is 10.6 Å². The lowest BCUT2D eigenvalue weighted by Crippen LogP contribution is -2.27. The van der Waals surface area contributed by atoms with Crippen LogP contribution in [-0.2, 0) is 0 Å². The second kappa shape index (κ2) is 5.13. The van der Waals surface area contributed by atoms with Crippen molar-refractivity contribution in [3.8, 4) is 0 Å². The largest absolute Gasteiger partial charge is 0.316 e. The van der Waals surface area contributed by atoms with E-state index in [-0.39, 0.29) is 0 Å². The van der Waals surface area contributed by atoms with Crippen LogP contribution in [0, 0.1) is 17.8 Å². The van der Waals surface area contributed by atoms with Crippen LogP contribution >= 0.6 is 0 Å². The summed E-state index contributed by atoms with van der Waals surface area (Å²) in [5, 5.41) is 7.05. The van der Waals surface area contributed by atoms with Crippen LogP contribution in [0.15, 0.2) is 0 Å². The summed E-state index contributed by atoms with van der Waals surface area (Å²) in [6, 6.07) is 0. The van der Waals surface area contributed by atoms with Crippen LogP contribution in [0.5, 0.6) is 0 Å². The molecule has 2 aliphatic rings. The van der Waals surface area contributed by atoms with Crippen LogP contribution in [0.4, 0.5) is 0 Å². The Morgan fingerprint density at radius 1 is 1.29 bits per heavy atom. The summed E-state index contributed by atoms with van der Waals surface area (Å²) in [7, 11) is 0. The van der Waals surface area contributed by atoms with Gasteiger partial charge in [0, 0.05) is 0 Å². The van der Waals surface area contributed by atoms with Crippen molar-refractivity contribution in [3.63, 3.8) is 0 Å². The van der Waals surface area contributed by atoms with E-state index in [1.54, 1.807) is 0 Å². The van der Waals surface area contributed by atoms with Gasteiger partial charge in [-0.15, -0.1) is 0 Å². The summed E-state index contributed by atoms with van der Waals surface area (Å²) in [5.41, 5.74) is 0. The lowest BCUT2D eigenvalue weighted by Gasteiger charge is -2.14. The van der Waals surface area contributed by atoms with Gasteiger partial charge in [-0.05, 0) is 56.8 Å². The fraction of sp³-hybridized carbons (Fsp3) is 1.00. The minimum Gasteiger partial charge on any atom is -0.316 e. The van der Waals surface area contributed by atoms with Crippen LogP contribution in [0.25, 0.3) is 0 Å². The van der Waals surface area contributed by atoms with Gasteiger partial charge in [0.15, 0.2) is 0 Å². The maximum Gasteiger partial charge on any atom is -0.000523 e. The van der Waals surface area contributed by atoms with Crippen molar-refractivity contribution < 1.29 is 0 Å². The highest BCUT2D eigenvalue weighted by Crippen LogP contribution is 2.33. The number of rotatable bonds is 6. The van der Waals surface area contributed by atoms with Crippen molar-refractivity contribution in [2.45, 2.75) is 32.6 Å². The Labute approximate surface area is 87.8 Å².